The van der Waals surface area contributed by atoms with E-state index in [1.807, 2.05) is 0 Å². The highest BCUT2D eigenvalue weighted by atomic mass is 32.2. The molecule has 122 valence electrons. The van der Waals surface area contributed by atoms with E-state index in [1.165, 1.54) is 12.1 Å². The van der Waals surface area contributed by atoms with Gasteiger partial charge in [0.1, 0.15) is 12.0 Å². The summed E-state index contributed by atoms with van der Waals surface area (Å²) in [5.74, 6) is -0.461. The highest BCUT2D eigenvalue weighted by Crippen LogP contribution is 2.33. The Hall–Kier alpha value is -1.81. The van der Waals surface area contributed by atoms with Gasteiger partial charge in [-0.3, -0.25) is 4.31 Å². The topological polar surface area (TPSA) is 86.7 Å². The van der Waals surface area contributed by atoms with Gasteiger partial charge in [0.05, 0.1) is 18.3 Å². The molecule has 2 N–H and O–H groups in total. The summed E-state index contributed by atoms with van der Waals surface area (Å²) in [6.45, 7) is -0.193. The average Bonchev–Trinajstić information content (AvgIpc) is 2.71. The normalized spacial score (nSPS) is 21.0. The van der Waals surface area contributed by atoms with E-state index in [0.717, 1.165) is 10.4 Å². The fourth-order valence-electron chi connectivity index (χ4n) is 2.09. The van der Waals surface area contributed by atoms with Crippen LogP contribution in [0.5, 0.6) is 5.75 Å². The average molecular weight is 338 g/mol. The van der Waals surface area contributed by atoms with Crippen LogP contribution in [-0.4, -0.2) is 38.6 Å². The number of carbonyl (C=O) groups is 1. The summed E-state index contributed by atoms with van der Waals surface area (Å²) < 4.78 is 63.0. The van der Waals surface area contributed by atoms with Crippen LogP contribution in [0.4, 0.5) is 18.9 Å². The van der Waals surface area contributed by atoms with Gasteiger partial charge in [0, 0.05) is 6.42 Å². The molecule has 0 bridgehead atoms. The zero-order valence-corrected chi connectivity index (χ0v) is 12.0. The highest BCUT2D eigenvalue weighted by molar-refractivity contribution is 7.91. The van der Waals surface area contributed by atoms with Gasteiger partial charge in [-0.1, -0.05) is 6.07 Å². The number of aromatic hydroxyl groups is 1. The number of aryl methyl sites for hydroxylation is 1. The Bertz CT molecular complexity index is 675. The molecule has 0 amide bonds. The molecule has 6 nitrogen and oxygen atoms in total. The monoisotopic (exact) mass is 338 g/mol. The third-order valence-electron chi connectivity index (χ3n) is 3.12. The number of nitrogens with zero attached hydrogens (tertiary/aromatic N) is 1. The first kappa shape index (κ1) is 16.6. The van der Waals surface area contributed by atoms with Crippen LogP contribution < -0.4 is 9.03 Å². The van der Waals surface area contributed by atoms with Crippen LogP contribution in [0.15, 0.2) is 18.2 Å². The number of rotatable bonds is 4. The molecule has 0 spiro atoms. The molecule has 1 aromatic rings. The minimum absolute atomic E-state index is 0.0902. The molecule has 0 saturated carbocycles. The SMILES string of the molecule is O=CC1CN(c2ccc(CCC(F)(F)F)cc2O)S(=O)(=O)N1. The van der Waals surface area contributed by atoms with Gasteiger partial charge in [0.15, 0.2) is 0 Å². The lowest BCUT2D eigenvalue weighted by Crippen LogP contribution is -2.30. The van der Waals surface area contributed by atoms with Crippen LogP contribution in [0, 0.1) is 0 Å². The second-order valence-electron chi connectivity index (χ2n) is 4.83. The standard InChI is InChI=1S/C12H13F3N2O4S/c13-12(14,15)4-3-8-1-2-10(11(19)5-8)17-6-9(7-18)16-22(17,20)21/h1-2,5,7,9,16,19H,3-4,6H2. The molecule has 1 heterocycles. The molecule has 1 aliphatic rings. The fraction of sp³-hybridized carbons (Fsp3) is 0.417. The number of benzene rings is 1. The smallest absolute Gasteiger partial charge is 0.389 e. The summed E-state index contributed by atoms with van der Waals surface area (Å²) in [5, 5.41) is 9.87. The van der Waals surface area contributed by atoms with Crippen molar-refractivity contribution in [3.05, 3.63) is 23.8 Å². The first-order valence-corrected chi connectivity index (χ1v) is 7.70. The lowest BCUT2D eigenvalue weighted by Gasteiger charge is -2.18. The minimum atomic E-state index is -4.31. The number of hydrogen-bond acceptors (Lipinski definition) is 4. The molecular weight excluding hydrogens is 325 g/mol. The summed E-state index contributed by atoms with van der Waals surface area (Å²) in [7, 11) is -3.96. The molecule has 1 saturated heterocycles. The van der Waals surface area contributed by atoms with Crippen molar-refractivity contribution in [1.29, 1.82) is 0 Å². The number of carbonyl (C=O) groups excluding carboxylic acids is 1. The summed E-state index contributed by atoms with van der Waals surface area (Å²) in [5.41, 5.74) is 0.141. The third-order valence-corrected chi connectivity index (χ3v) is 4.65. The molecular formula is C12H13F3N2O4S. The van der Waals surface area contributed by atoms with Crippen LogP contribution in [-0.2, 0) is 21.4 Å². The molecule has 0 aromatic heterocycles. The van der Waals surface area contributed by atoms with E-state index in [2.05, 4.69) is 4.72 Å². The maximum absolute atomic E-state index is 12.2. The Kier molecular flexibility index (Phi) is 4.34. The summed E-state index contributed by atoms with van der Waals surface area (Å²) in [6.07, 6.45) is -5.25. The summed E-state index contributed by atoms with van der Waals surface area (Å²) in [4.78, 5) is 10.7. The number of phenolic OH excluding ortho intramolecular Hbond substituents is 1. The molecule has 22 heavy (non-hydrogen) atoms. The molecule has 1 aromatic carbocycles. The Morgan fingerprint density at radius 2 is 2.09 bits per heavy atom. The Balaban J connectivity index is 2.22. The van der Waals surface area contributed by atoms with Gasteiger partial charge in [0.25, 0.3) is 0 Å². The van der Waals surface area contributed by atoms with Gasteiger partial charge in [-0.25, -0.2) is 0 Å². The number of phenols is 1. The van der Waals surface area contributed by atoms with Crippen LogP contribution in [0.25, 0.3) is 0 Å². The first-order valence-electron chi connectivity index (χ1n) is 6.26. The molecule has 1 fully saturated rings. The number of nitrogens with one attached hydrogen (secondary N) is 1. The summed E-state index contributed by atoms with van der Waals surface area (Å²) >= 11 is 0. The summed E-state index contributed by atoms with van der Waals surface area (Å²) in [6, 6.07) is 2.68. The van der Waals surface area contributed by atoms with E-state index < -0.39 is 34.6 Å². The lowest BCUT2D eigenvalue weighted by atomic mass is 10.1. The van der Waals surface area contributed by atoms with Crippen molar-refractivity contribution >= 4 is 22.2 Å². The Morgan fingerprint density at radius 3 is 2.59 bits per heavy atom. The van der Waals surface area contributed by atoms with E-state index in [0.29, 0.717) is 6.29 Å². The van der Waals surface area contributed by atoms with Crippen LogP contribution in [0.2, 0.25) is 0 Å². The van der Waals surface area contributed by atoms with Crippen molar-refractivity contribution in [2.45, 2.75) is 25.1 Å². The molecule has 0 aliphatic carbocycles. The van der Waals surface area contributed by atoms with E-state index in [4.69, 9.17) is 0 Å². The van der Waals surface area contributed by atoms with Crippen LogP contribution >= 0.6 is 0 Å². The maximum atomic E-state index is 12.2. The number of alkyl halides is 3. The highest BCUT2D eigenvalue weighted by Gasteiger charge is 2.36. The van der Waals surface area contributed by atoms with E-state index in [9.17, 15) is 31.5 Å². The van der Waals surface area contributed by atoms with Crippen molar-refractivity contribution in [3.63, 3.8) is 0 Å². The maximum Gasteiger partial charge on any atom is 0.389 e. The van der Waals surface area contributed by atoms with E-state index >= 15 is 0 Å². The molecule has 1 atom stereocenters. The lowest BCUT2D eigenvalue weighted by molar-refractivity contribution is -0.134. The molecule has 2 rings (SSSR count). The predicted molar refractivity (Wildman–Crippen MR) is 71.7 cm³/mol. The Morgan fingerprint density at radius 1 is 1.41 bits per heavy atom. The number of aldehydes is 1. The van der Waals surface area contributed by atoms with E-state index in [1.54, 1.807) is 0 Å². The fourth-order valence-corrected chi connectivity index (χ4v) is 3.50. The van der Waals surface area contributed by atoms with Gasteiger partial charge >= 0.3 is 16.4 Å². The van der Waals surface area contributed by atoms with Gasteiger partial charge < -0.3 is 9.90 Å². The van der Waals surface area contributed by atoms with Gasteiger partial charge in [-0.15, -0.1) is 0 Å². The second-order valence-corrected chi connectivity index (χ2v) is 6.46. The number of anilines is 1. The van der Waals surface area contributed by atoms with Crippen molar-refractivity contribution in [1.82, 2.24) is 4.72 Å². The van der Waals surface area contributed by atoms with Gasteiger partial charge in [-0.05, 0) is 24.1 Å². The van der Waals surface area contributed by atoms with Gasteiger partial charge in [-0.2, -0.15) is 26.3 Å². The first-order chi connectivity index (χ1) is 10.1. The van der Waals surface area contributed by atoms with E-state index in [-0.39, 0.29) is 24.2 Å². The predicted octanol–water partition coefficient (Wildman–Crippen LogP) is 1.11. The quantitative estimate of drug-likeness (QED) is 0.805. The molecule has 1 aliphatic heterocycles. The molecule has 0 radical (unpaired) electrons. The van der Waals surface area contributed by atoms with Crippen LogP contribution in [0.3, 0.4) is 0 Å². The van der Waals surface area contributed by atoms with Crippen molar-refractivity contribution < 1.29 is 31.5 Å². The zero-order chi connectivity index (χ0) is 16.5. The number of hydrogen-bond donors (Lipinski definition) is 2. The molecule has 1 unspecified atom stereocenters. The van der Waals surface area contributed by atoms with Gasteiger partial charge in [0.2, 0.25) is 0 Å². The number of halogens is 3. The van der Waals surface area contributed by atoms with Crippen molar-refractivity contribution in [2.75, 3.05) is 10.8 Å². The third kappa shape index (κ3) is 3.69. The van der Waals surface area contributed by atoms with Crippen LogP contribution in [0.1, 0.15) is 12.0 Å². The van der Waals surface area contributed by atoms with Crippen molar-refractivity contribution in [2.24, 2.45) is 0 Å². The van der Waals surface area contributed by atoms with Crippen molar-refractivity contribution in [3.8, 4) is 5.75 Å². The minimum Gasteiger partial charge on any atom is -0.506 e. The zero-order valence-electron chi connectivity index (χ0n) is 11.2. The second kappa shape index (κ2) is 5.76. The molecule has 10 heteroatoms. The largest absolute Gasteiger partial charge is 0.506 e. The Labute approximate surface area is 124 Å².